The normalized spacial score (nSPS) is 15.8. The number of hydrogen-bond acceptors (Lipinski definition) is 3. The molecule has 1 fully saturated rings. The summed E-state index contributed by atoms with van der Waals surface area (Å²) in [6.45, 7) is 4.62. The predicted molar refractivity (Wildman–Crippen MR) is 85.2 cm³/mol. The van der Waals surface area contributed by atoms with Crippen molar-refractivity contribution >= 4 is 11.0 Å². The van der Waals surface area contributed by atoms with Gasteiger partial charge in [-0.05, 0) is 43.5 Å². The molecule has 21 heavy (non-hydrogen) atoms. The number of nitrogens with zero attached hydrogens (tertiary/aromatic N) is 2. The standard InChI is InChI=1S/C17H25N3O/c1-2-9-20(14-4-3-5-14)10-8-17-18-15-7-6-13(12-21)11-16(15)19-17/h6-7,11,14,21H,2-5,8-10,12H2,1H3,(H,18,19). The van der Waals surface area contributed by atoms with Crippen molar-refractivity contribution in [1.29, 1.82) is 0 Å². The van der Waals surface area contributed by atoms with Crippen molar-refractivity contribution in [2.45, 2.75) is 51.7 Å². The lowest BCUT2D eigenvalue weighted by molar-refractivity contribution is 0.128. The van der Waals surface area contributed by atoms with Crippen LogP contribution in [0.2, 0.25) is 0 Å². The molecule has 114 valence electrons. The second kappa shape index (κ2) is 6.58. The summed E-state index contributed by atoms with van der Waals surface area (Å²) < 4.78 is 0. The fourth-order valence-corrected chi connectivity index (χ4v) is 3.09. The zero-order chi connectivity index (χ0) is 14.7. The molecule has 1 heterocycles. The number of nitrogens with one attached hydrogen (secondary N) is 1. The molecule has 1 saturated carbocycles. The van der Waals surface area contributed by atoms with Gasteiger partial charge in [0.05, 0.1) is 17.6 Å². The van der Waals surface area contributed by atoms with E-state index in [0.717, 1.165) is 41.4 Å². The van der Waals surface area contributed by atoms with E-state index >= 15 is 0 Å². The van der Waals surface area contributed by atoms with E-state index in [4.69, 9.17) is 0 Å². The number of rotatable bonds is 7. The van der Waals surface area contributed by atoms with Gasteiger partial charge in [-0.1, -0.05) is 19.4 Å². The Hall–Kier alpha value is -1.39. The molecule has 0 spiro atoms. The van der Waals surface area contributed by atoms with Crippen LogP contribution in [0.3, 0.4) is 0 Å². The molecular weight excluding hydrogens is 262 g/mol. The number of benzene rings is 1. The highest BCUT2D eigenvalue weighted by molar-refractivity contribution is 5.75. The first-order chi connectivity index (χ1) is 10.3. The van der Waals surface area contributed by atoms with Crippen molar-refractivity contribution in [2.24, 2.45) is 0 Å². The van der Waals surface area contributed by atoms with Crippen molar-refractivity contribution in [1.82, 2.24) is 14.9 Å². The lowest BCUT2D eigenvalue weighted by atomic mass is 9.91. The molecule has 0 atom stereocenters. The van der Waals surface area contributed by atoms with Gasteiger partial charge in [-0.2, -0.15) is 0 Å². The maximum absolute atomic E-state index is 9.19. The molecule has 1 aliphatic carbocycles. The maximum atomic E-state index is 9.19. The molecule has 0 aliphatic heterocycles. The summed E-state index contributed by atoms with van der Waals surface area (Å²) in [7, 11) is 0. The lowest BCUT2D eigenvalue weighted by Crippen LogP contribution is -2.41. The van der Waals surface area contributed by atoms with Crippen LogP contribution in [0.5, 0.6) is 0 Å². The molecule has 0 bridgehead atoms. The Morgan fingerprint density at radius 3 is 2.86 bits per heavy atom. The third-order valence-corrected chi connectivity index (χ3v) is 4.52. The molecule has 1 aromatic heterocycles. The summed E-state index contributed by atoms with van der Waals surface area (Å²) in [4.78, 5) is 10.7. The number of imidazole rings is 1. The van der Waals surface area contributed by atoms with Crippen LogP contribution in [0, 0.1) is 0 Å². The average Bonchev–Trinajstić information content (AvgIpc) is 2.84. The highest BCUT2D eigenvalue weighted by atomic mass is 16.3. The third kappa shape index (κ3) is 3.27. The van der Waals surface area contributed by atoms with Gasteiger partial charge in [0.15, 0.2) is 0 Å². The van der Waals surface area contributed by atoms with E-state index in [-0.39, 0.29) is 6.61 Å². The second-order valence-electron chi connectivity index (χ2n) is 6.06. The summed E-state index contributed by atoms with van der Waals surface area (Å²) in [5.74, 6) is 1.06. The van der Waals surface area contributed by atoms with Gasteiger partial charge in [0.2, 0.25) is 0 Å². The quantitative estimate of drug-likeness (QED) is 0.823. The van der Waals surface area contributed by atoms with Crippen LogP contribution in [0.4, 0.5) is 0 Å². The molecule has 3 rings (SSSR count). The Kier molecular flexibility index (Phi) is 4.56. The first-order valence-electron chi connectivity index (χ1n) is 8.12. The Morgan fingerprint density at radius 2 is 2.19 bits per heavy atom. The number of fused-ring (bicyclic) bond motifs is 1. The summed E-state index contributed by atoms with van der Waals surface area (Å²) in [5, 5.41) is 9.19. The summed E-state index contributed by atoms with van der Waals surface area (Å²) in [6, 6.07) is 6.71. The van der Waals surface area contributed by atoms with Crippen molar-refractivity contribution in [3.63, 3.8) is 0 Å². The first kappa shape index (κ1) is 14.5. The largest absolute Gasteiger partial charge is 0.392 e. The number of hydrogen-bond donors (Lipinski definition) is 2. The molecule has 0 saturated heterocycles. The molecule has 1 aromatic carbocycles. The van der Waals surface area contributed by atoms with Gasteiger partial charge < -0.3 is 10.1 Å². The highest BCUT2D eigenvalue weighted by Gasteiger charge is 2.24. The smallest absolute Gasteiger partial charge is 0.108 e. The molecule has 0 amide bonds. The number of aliphatic hydroxyl groups excluding tert-OH is 1. The van der Waals surface area contributed by atoms with E-state index < -0.39 is 0 Å². The fourth-order valence-electron chi connectivity index (χ4n) is 3.09. The predicted octanol–water partition coefficient (Wildman–Crippen LogP) is 2.86. The first-order valence-corrected chi connectivity index (χ1v) is 8.12. The number of aromatic nitrogens is 2. The van der Waals surface area contributed by atoms with Crippen LogP contribution in [0.25, 0.3) is 11.0 Å². The monoisotopic (exact) mass is 287 g/mol. The molecule has 2 aromatic rings. The van der Waals surface area contributed by atoms with Gasteiger partial charge in [0.1, 0.15) is 5.82 Å². The minimum absolute atomic E-state index is 0.0796. The van der Waals surface area contributed by atoms with Gasteiger partial charge in [-0.25, -0.2) is 4.98 Å². The van der Waals surface area contributed by atoms with Gasteiger partial charge >= 0.3 is 0 Å². The van der Waals surface area contributed by atoms with Gasteiger partial charge in [0.25, 0.3) is 0 Å². The Balaban J connectivity index is 1.66. The molecule has 0 unspecified atom stereocenters. The van der Waals surface area contributed by atoms with E-state index in [9.17, 15) is 5.11 Å². The van der Waals surface area contributed by atoms with Crippen LogP contribution in [-0.2, 0) is 13.0 Å². The van der Waals surface area contributed by atoms with E-state index in [0.29, 0.717) is 0 Å². The van der Waals surface area contributed by atoms with Gasteiger partial charge in [0, 0.05) is 19.0 Å². The van der Waals surface area contributed by atoms with Crippen LogP contribution in [0.15, 0.2) is 18.2 Å². The topological polar surface area (TPSA) is 52.1 Å². The summed E-state index contributed by atoms with van der Waals surface area (Å²) >= 11 is 0. The highest BCUT2D eigenvalue weighted by Crippen LogP contribution is 2.25. The molecule has 1 aliphatic rings. The van der Waals surface area contributed by atoms with Crippen molar-refractivity contribution < 1.29 is 5.11 Å². The van der Waals surface area contributed by atoms with Crippen LogP contribution in [0.1, 0.15) is 44.0 Å². The van der Waals surface area contributed by atoms with E-state index in [1.807, 2.05) is 18.2 Å². The van der Waals surface area contributed by atoms with Crippen LogP contribution in [-0.4, -0.2) is 39.1 Å². The van der Waals surface area contributed by atoms with Crippen molar-refractivity contribution in [3.8, 4) is 0 Å². The average molecular weight is 287 g/mol. The number of aromatic amines is 1. The zero-order valence-electron chi connectivity index (χ0n) is 12.8. The summed E-state index contributed by atoms with van der Waals surface area (Å²) in [5.41, 5.74) is 2.95. The fraction of sp³-hybridized carbons (Fsp3) is 0.588. The molecule has 2 N–H and O–H groups in total. The molecular formula is C17H25N3O. The Bertz CT molecular complexity index is 589. The second-order valence-corrected chi connectivity index (χ2v) is 6.06. The molecule has 4 nitrogen and oxygen atoms in total. The number of H-pyrrole nitrogens is 1. The minimum atomic E-state index is 0.0796. The van der Waals surface area contributed by atoms with E-state index in [1.54, 1.807) is 0 Å². The minimum Gasteiger partial charge on any atom is -0.392 e. The SMILES string of the molecule is CCCN(CCc1nc2ccc(CO)cc2[nH]1)C1CCC1. The van der Waals surface area contributed by atoms with E-state index in [1.165, 1.54) is 32.2 Å². The maximum Gasteiger partial charge on any atom is 0.108 e. The lowest BCUT2D eigenvalue weighted by Gasteiger charge is -2.37. The van der Waals surface area contributed by atoms with Crippen molar-refractivity contribution in [3.05, 3.63) is 29.6 Å². The van der Waals surface area contributed by atoms with Gasteiger partial charge in [-0.15, -0.1) is 0 Å². The molecule has 4 heteroatoms. The number of aliphatic hydroxyl groups is 1. The van der Waals surface area contributed by atoms with Crippen LogP contribution >= 0.6 is 0 Å². The molecule has 0 radical (unpaired) electrons. The Labute approximate surface area is 126 Å². The zero-order valence-corrected chi connectivity index (χ0v) is 12.8. The van der Waals surface area contributed by atoms with Gasteiger partial charge in [-0.3, -0.25) is 4.90 Å². The van der Waals surface area contributed by atoms with Crippen LogP contribution < -0.4 is 0 Å². The van der Waals surface area contributed by atoms with Crippen molar-refractivity contribution in [2.75, 3.05) is 13.1 Å². The summed E-state index contributed by atoms with van der Waals surface area (Å²) in [6.07, 6.45) is 6.30. The third-order valence-electron chi connectivity index (χ3n) is 4.52. The van der Waals surface area contributed by atoms with E-state index in [2.05, 4.69) is 21.8 Å². The Morgan fingerprint density at radius 1 is 1.33 bits per heavy atom.